The van der Waals surface area contributed by atoms with Crippen LogP contribution in [0.25, 0.3) is 10.9 Å². The van der Waals surface area contributed by atoms with Gasteiger partial charge in [-0.1, -0.05) is 26.0 Å². The first-order valence-corrected chi connectivity index (χ1v) is 13.6. The summed E-state index contributed by atoms with van der Waals surface area (Å²) in [4.78, 5) is 23.8. The summed E-state index contributed by atoms with van der Waals surface area (Å²) in [6, 6.07) is 14.9. The Morgan fingerprint density at radius 3 is 2.49 bits per heavy atom. The lowest BCUT2D eigenvalue weighted by Gasteiger charge is -2.38. The minimum absolute atomic E-state index is 0.0270. The zero-order valence-corrected chi connectivity index (χ0v) is 21.9. The van der Waals surface area contributed by atoms with Gasteiger partial charge in [0.15, 0.2) is 0 Å². The Labute approximate surface area is 217 Å². The van der Waals surface area contributed by atoms with E-state index < -0.39 is 22.0 Å². The van der Waals surface area contributed by atoms with Crippen LogP contribution in [0, 0.1) is 17.2 Å². The molecule has 0 unspecified atom stereocenters. The number of nitrogens with one attached hydrogen (secondary N) is 1. The first-order valence-electron chi connectivity index (χ1n) is 12.2. The highest BCUT2D eigenvalue weighted by Crippen LogP contribution is 2.25. The molecule has 37 heavy (non-hydrogen) atoms. The Bertz CT molecular complexity index is 1430. The molecular weight excluding hydrogens is 490 g/mol. The third-order valence-electron chi connectivity index (χ3n) is 6.61. The molecule has 0 radical (unpaired) electrons. The van der Waals surface area contributed by atoms with Crippen molar-refractivity contribution in [1.82, 2.24) is 19.2 Å². The lowest BCUT2D eigenvalue weighted by molar-refractivity contribution is -0.119. The van der Waals surface area contributed by atoms with Gasteiger partial charge in [0.1, 0.15) is 17.7 Å². The summed E-state index contributed by atoms with van der Waals surface area (Å²) >= 11 is 0. The number of carbonyl (C=O) groups is 1. The van der Waals surface area contributed by atoms with Crippen molar-refractivity contribution in [2.24, 2.45) is 11.7 Å². The molecule has 3 N–H and O–H groups in total. The molecule has 0 aliphatic carbocycles. The van der Waals surface area contributed by atoms with E-state index in [1.54, 1.807) is 0 Å². The van der Waals surface area contributed by atoms with Crippen molar-refractivity contribution in [1.29, 1.82) is 5.26 Å². The second kappa shape index (κ2) is 10.8. The van der Waals surface area contributed by atoms with Crippen LogP contribution in [0.2, 0.25) is 0 Å². The quantitative estimate of drug-likeness (QED) is 0.459. The Kier molecular flexibility index (Phi) is 7.73. The van der Waals surface area contributed by atoms with Crippen LogP contribution in [0.1, 0.15) is 32.2 Å². The number of fused-ring (bicyclic) bond motifs is 1. The molecular formula is C26H31N7O3S. The minimum atomic E-state index is -3.67. The lowest BCUT2D eigenvalue weighted by atomic mass is 10.0. The van der Waals surface area contributed by atoms with Crippen molar-refractivity contribution in [3.05, 3.63) is 59.9 Å². The van der Waals surface area contributed by atoms with Gasteiger partial charge < -0.3 is 11.1 Å². The average molecular weight is 522 g/mol. The van der Waals surface area contributed by atoms with Crippen molar-refractivity contribution in [2.75, 3.05) is 25.0 Å². The molecule has 2 atom stereocenters. The zero-order valence-electron chi connectivity index (χ0n) is 21.1. The average Bonchev–Trinajstić information content (AvgIpc) is 2.87. The van der Waals surface area contributed by atoms with Gasteiger partial charge in [0.25, 0.3) is 0 Å². The number of nitriles is 1. The maximum atomic E-state index is 13.2. The molecule has 1 aromatic heterocycles. The van der Waals surface area contributed by atoms with Gasteiger partial charge in [-0.15, -0.1) is 0 Å². The number of benzene rings is 2. The number of hydrogen-bond donors (Lipinski definition) is 2. The molecule has 1 amide bonds. The highest BCUT2D eigenvalue weighted by molar-refractivity contribution is 7.89. The van der Waals surface area contributed by atoms with E-state index in [4.69, 9.17) is 21.0 Å². The number of nitrogens with two attached hydrogens (primary N) is 1. The second-order valence-electron chi connectivity index (χ2n) is 9.59. The smallest absolute Gasteiger partial charge is 0.243 e. The number of piperazine rings is 1. The molecule has 10 nitrogen and oxygen atoms in total. The Hall–Kier alpha value is -3.59. The van der Waals surface area contributed by atoms with Gasteiger partial charge in [-0.3, -0.25) is 9.69 Å². The number of anilines is 1. The molecule has 1 aliphatic rings. The zero-order chi connectivity index (χ0) is 26.7. The number of aromatic nitrogens is 2. The van der Waals surface area contributed by atoms with E-state index in [-0.39, 0.29) is 16.9 Å². The fraction of sp³-hybridized carbons (Fsp3) is 0.385. The summed E-state index contributed by atoms with van der Waals surface area (Å²) < 4.78 is 27.8. The van der Waals surface area contributed by atoms with E-state index in [0.717, 1.165) is 10.9 Å². The molecule has 11 heteroatoms. The first-order chi connectivity index (χ1) is 17.6. The van der Waals surface area contributed by atoms with Gasteiger partial charge >= 0.3 is 0 Å². The van der Waals surface area contributed by atoms with Crippen LogP contribution in [0.5, 0.6) is 0 Å². The molecule has 4 rings (SSSR count). The third-order valence-corrected chi connectivity index (χ3v) is 8.49. The van der Waals surface area contributed by atoms with E-state index in [1.165, 1.54) is 28.6 Å². The van der Waals surface area contributed by atoms with Crippen molar-refractivity contribution in [3.8, 4) is 6.07 Å². The summed E-state index contributed by atoms with van der Waals surface area (Å²) in [5.74, 6) is 0.643. The maximum Gasteiger partial charge on any atom is 0.243 e. The topological polar surface area (TPSA) is 145 Å². The number of carbonyl (C=O) groups excluding carboxylic acids is 1. The summed E-state index contributed by atoms with van der Waals surface area (Å²) in [7, 11) is -3.67. The van der Waals surface area contributed by atoms with E-state index in [1.807, 2.05) is 51.1 Å². The van der Waals surface area contributed by atoms with Crippen LogP contribution in [0.4, 0.5) is 5.82 Å². The Morgan fingerprint density at radius 1 is 1.16 bits per heavy atom. The summed E-state index contributed by atoms with van der Waals surface area (Å²) in [6.45, 7) is 7.38. The van der Waals surface area contributed by atoms with Gasteiger partial charge in [-0.2, -0.15) is 9.57 Å². The molecule has 2 heterocycles. The number of sulfonamides is 1. The molecule has 0 spiro atoms. The summed E-state index contributed by atoms with van der Waals surface area (Å²) in [5, 5.41) is 13.0. The van der Waals surface area contributed by atoms with Crippen LogP contribution < -0.4 is 11.1 Å². The molecule has 2 aromatic carbocycles. The van der Waals surface area contributed by atoms with Gasteiger partial charge in [-0.25, -0.2) is 18.4 Å². The Morgan fingerprint density at radius 2 is 1.86 bits per heavy atom. The van der Waals surface area contributed by atoms with Gasteiger partial charge in [-0.05, 0) is 49.2 Å². The standard InChI is InChI=1S/C26H31N7O3S/c1-17(2)24(25(28)34)31-26-21-6-4-5-7-22(21)29-23(30-26)16-32-12-13-33(15-18(32)3)37(35,36)20-10-8-19(14-27)9-11-20/h4-11,17-18,24H,12-13,15-16H2,1-3H3,(H2,28,34)(H,29,30,31)/t18-,24-/m0/s1. The number of para-hydroxylation sites is 1. The van der Waals surface area contributed by atoms with E-state index >= 15 is 0 Å². The molecule has 1 saturated heterocycles. The van der Waals surface area contributed by atoms with Crippen molar-refractivity contribution in [3.63, 3.8) is 0 Å². The molecule has 1 aliphatic heterocycles. The van der Waals surface area contributed by atoms with Crippen LogP contribution in [-0.4, -0.2) is 65.2 Å². The number of hydrogen-bond acceptors (Lipinski definition) is 8. The largest absolute Gasteiger partial charge is 0.368 e. The lowest BCUT2D eigenvalue weighted by Crippen LogP contribution is -2.53. The van der Waals surface area contributed by atoms with Crippen molar-refractivity contribution < 1.29 is 13.2 Å². The molecule has 3 aromatic rings. The van der Waals surface area contributed by atoms with E-state index in [0.29, 0.717) is 43.4 Å². The molecule has 1 fully saturated rings. The van der Waals surface area contributed by atoms with Crippen LogP contribution in [-0.2, 0) is 21.4 Å². The summed E-state index contributed by atoms with van der Waals surface area (Å²) in [5.41, 5.74) is 6.78. The summed E-state index contributed by atoms with van der Waals surface area (Å²) in [6.07, 6.45) is 0. The highest BCUT2D eigenvalue weighted by Gasteiger charge is 2.33. The SMILES string of the molecule is CC(C)[C@H](Nc1nc(CN2CCN(S(=O)(=O)c3ccc(C#N)cc3)C[C@@H]2C)nc2ccccc12)C(N)=O. The normalized spacial score (nSPS) is 18.0. The van der Waals surface area contributed by atoms with E-state index in [2.05, 4.69) is 10.2 Å². The van der Waals surface area contributed by atoms with Crippen LogP contribution in [0.3, 0.4) is 0 Å². The third kappa shape index (κ3) is 5.72. The maximum absolute atomic E-state index is 13.2. The molecule has 194 valence electrons. The predicted molar refractivity (Wildman–Crippen MR) is 141 cm³/mol. The fourth-order valence-corrected chi connectivity index (χ4v) is 5.98. The highest BCUT2D eigenvalue weighted by atomic mass is 32.2. The van der Waals surface area contributed by atoms with Gasteiger partial charge in [0.2, 0.25) is 15.9 Å². The fourth-order valence-electron chi connectivity index (χ4n) is 4.47. The number of nitrogens with zero attached hydrogens (tertiary/aromatic N) is 5. The van der Waals surface area contributed by atoms with Crippen molar-refractivity contribution >= 4 is 32.7 Å². The predicted octanol–water partition coefficient (Wildman–Crippen LogP) is 2.32. The van der Waals surface area contributed by atoms with E-state index in [9.17, 15) is 13.2 Å². The Balaban J connectivity index is 1.53. The molecule has 0 bridgehead atoms. The second-order valence-corrected chi connectivity index (χ2v) is 11.5. The van der Waals surface area contributed by atoms with Crippen LogP contribution >= 0.6 is 0 Å². The van der Waals surface area contributed by atoms with Crippen LogP contribution in [0.15, 0.2) is 53.4 Å². The van der Waals surface area contributed by atoms with Gasteiger partial charge in [0, 0.05) is 31.1 Å². The number of rotatable bonds is 8. The molecule has 0 saturated carbocycles. The van der Waals surface area contributed by atoms with Gasteiger partial charge in [0.05, 0.1) is 28.6 Å². The minimum Gasteiger partial charge on any atom is -0.368 e. The number of amides is 1. The first kappa shape index (κ1) is 26.5. The number of primary amides is 1. The monoisotopic (exact) mass is 521 g/mol. The van der Waals surface area contributed by atoms with Crippen molar-refractivity contribution in [2.45, 2.75) is 44.3 Å².